The van der Waals surface area contributed by atoms with Crippen LogP contribution in [-0.4, -0.2) is 182 Å². The van der Waals surface area contributed by atoms with Crippen LogP contribution in [0.15, 0.2) is 48.5 Å². The number of benzene rings is 2. The highest BCUT2D eigenvalue weighted by molar-refractivity contribution is 8.00. The molecule has 20 heteroatoms. The Balaban J connectivity index is 0.752. The van der Waals surface area contributed by atoms with Gasteiger partial charge in [0, 0.05) is 59.8 Å². The van der Waals surface area contributed by atoms with Crippen LogP contribution in [0.2, 0.25) is 5.02 Å². The molecule has 5 rings (SSSR count). The number of hydrogen-bond donors (Lipinski definition) is 5. The van der Waals surface area contributed by atoms with Gasteiger partial charge in [0.25, 0.3) is 11.8 Å². The third-order valence-corrected chi connectivity index (χ3v) is 13.9. The summed E-state index contributed by atoms with van der Waals surface area (Å²) < 4.78 is 38.7. The average Bonchev–Trinajstić information content (AvgIpc) is 3.93. The first-order chi connectivity index (χ1) is 34.1. The van der Waals surface area contributed by atoms with Crippen molar-refractivity contribution < 1.29 is 57.1 Å². The lowest BCUT2D eigenvalue weighted by Crippen LogP contribution is -2.52. The van der Waals surface area contributed by atoms with E-state index in [4.69, 9.17) is 44.8 Å². The van der Waals surface area contributed by atoms with Crippen LogP contribution in [-0.2, 0) is 42.7 Å². The predicted octanol–water partition coefficient (Wildman–Crippen LogP) is 4.19. The number of amides is 6. The van der Waals surface area contributed by atoms with Gasteiger partial charge in [0.15, 0.2) is 0 Å². The molecular weight excluding hydrogens is 944 g/mol. The molecule has 3 heterocycles. The molecule has 3 aliphatic heterocycles. The number of halogens is 1. The number of nitrogens with zero attached hydrogens (tertiary/aromatic N) is 1. The third-order valence-electron chi connectivity index (χ3n) is 12.2. The van der Waals surface area contributed by atoms with Crippen molar-refractivity contribution in [2.75, 3.05) is 124 Å². The van der Waals surface area contributed by atoms with Gasteiger partial charge in [-0.15, -0.1) is 0 Å². The number of unbranched alkanes of at least 4 members (excludes halogenated alkanes) is 1. The van der Waals surface area contributed by atoms with Gasteiger partial charge in [0.2, 0.25) is 11.8 Å². The van der Waals surface area contributed by atoms with Crippen molar-refractivity contribution in [3.05, 3.63) is 70.2 Å². The van der Waals surface area contributed by atoms with Gasteiger partial charge in [-0.05, 0) is 73.4 Å². The third kappa shape index (κ3) is 21.0. The van der Waals surface area contributed by atoms with Crippen LogP contribution < -0.4 is 26.6 Å². The van der Waals surface area contributed by atoms with Crippen molar-refractivity contribution >= 4 is 53.0 Å². The van der Waals surface area contributed by atoms with E-state index in [1.54, 1.807) is 18.2 Å². The fourth-order valence-electron chi connectivity index (χ4n) is 8.29. The first-order valence-corrected chi connectivity index (χ1v) is 26.2. The summed E-state index contributed by atoms with van der Waals surface area (Å²) in [4.78, 5) is 65.2. The average molecular weight is 1020 g/mol. The fourth-order valence-corrected chi connectivity index (χ4v) is 9.96. The number of thioether (sulfide) groups is 1. The van der Waals surface area contributed by atoms with Crippen molar-refractivity contribution in [3.63, 3.8) is 0 Å². The standard InChI is InChI=1S/C50H75ClN6O12S/c1-36(2)45(49(61)57-18-14-38(15-19-57)37-10-12-41(51)13-11-37)55-48(60)40-7-5-6-39(34-40)47(59)53-17-21-64-23-25-66-27-29-68-31-33-69-32-30-67-28-26-65-24-22-63-20-16-52-44(58)9-4-3-8-43-46-42(35-70-43)54-50(62)56-46/h5-7,10-13,34,36,38,42-43,45-46H,3-4,8-9,14-33,35H2,1-2H3,(H,52,58)(H,53,59)(H,55,60)(H2,54,56,62)/t42?,43-,45+,46-/m0/s1. The maximum atomic E-state index is 13.6. The molecule has 3 saturated heterocycles. The number of carbonyl (C=O) groups excluding carboxylic acids is 5. The quantitative estimate of drug-likeness (QED) is 0.0485. The molecule has 3 aliphatic rings. The Kier molecular flexibility index (Phi) is 26.7. The molecule has 1 unspecified atom stereocenters. The van der Waals surface area contributed by atoms with E-state index in [0.29, 0.717) is 146 Å². The highest BCUT2D eigenvalue weighted by atomic mass is 35.5. The van der Waals surface area contributed by atoms with Crippen LogP contribution in [0.25, 0.3) is 0 Å². The Morgan fingerprint density at radius 1 is 0.700 bits per heavy atom. The van der Waals surface area contributed by atoms with E-state index in [1.165, 1.54) is 11.6 Å². The second-order valence-electron chi connectivity index (χ2n) is 17.7. The molecule has 18 nitrogen and oxygen atoms in total. The number of hydrogen-bond acceptors (Lipinski definition) is 13. The Labute approximate surface area is 422 Å². The van der Waals surface area contributed by atoms with Gasteiger partial charge in [-0.2, -0.15) is 11.8 Å². The molecule has 2 aromatic rings. The Bertz CT molecular complexity index is 1880. The first-order valence-electron chi connectivity index (χ1n) is 24.8. The Morgan fingerprint density at radius 3 is 1.79 bits per heavy atom. The molecule has 0 radical (unpaired) electrons. The second-order valence-corrected chi connectivity index (χ2v) is 19.4. The second kappa shape index (κ2) is 32.8. The molecular formula is C50H75ClN6O12S. The number of likely N-dealkylation sites (tertiary alicyclic amines) is 1. The number of ether oxygens (including phenoxy) is 7. The zero-order valence-corrected chi connectivity index (χ0v) is 42.5. The predicted molar refractivity (Wildman–Crippen MR) is 268 cm³/mol. The maximum Gasteiger partial charge on any atom is 0.315 e. The van der Waals surface area contributed by atoms with Crippen molar-refractivity contribution in [2.45, 2.75) is 81.7 Å². The minimum Gasteiger partial charge on any atom is -0.377 e. The van der Waals surface area contributed by atoms with Gasteiger partial charge < -0.3 is 64.6 Å². The number of urea groups is 1. The van der Waals surface area contributed by atoms with E-state index < -0.39 is 11.9 Å². The van der Waals surface area contributed by atoms with Crippen LogP contribution in [0, 0.1) is 5.92 Å². The monoisotopic (exact) mass is 1020 g/mol. The molecule has 5 N–H and O–H groups in total. The summed E-state index contributed by atoms with van der Waals surface area (Å²) in [5.74, 6) is 0.370. The molecule has 3 fully saturated rings. The molecule has 6 amide bonds. The van der Waals surface area contributed by atoms with Crippen molar-refractivity contribution in [1.29, 1.82) is 0 Å². The van der Waals surface area contributed by atoms with Gasteiger partial charge in [0.05, 0.1) is 105 Å². The van der Waals surface area contributed by atoms with E-state index >= 15 is 0 Å². The van der Waals surface area contributed by atoms with E-state index in [-0.39, 0.29) is 48.3 Å². The van der Waals surface area contributed by atoms with E-state index in [0.717, 1.165) is 37.9 Å². The van der Waals surface area contributed by atoms with Crippen molar-refractivity contribution in [2.24, 2.45) is 5.92 Å². The van der Waals surface area contributed by atoms with Crippen LogP contribution >= 0.6 is 23.4 Å². The van der Waals surface area contributed by atoms with Crippen LogP contribution in [0.1, 0.15) is 84.6 Å². The number of piperidine rings is 1. The van der Waals surface area contributed by atoms with Gasteiger partial charge in [-0.1, -0.05) is 50.1 Å². The molecule has 0 aliphatic carbocycles. The van der Waals surface area contributed by atoms with E-state index in [2.05, 4.69) is 26.6 Å². The highest BCUT2D eigenvalue weighted by Gasteiger charge is 2.42. The molecule has 0 bridgehead atoms. The van der Waals surface area contributed by atoms with Crippen LogP contribution in [0.5, 0.6) is 0 Å². The Hall–Kier alpha value is -4.05. The minimum atomic E-state index is -0.693. The molecule has 70 heavy (non-hydrogen) atoms. The summed E-state index contributed by atoms with van der Waals surface area (Å²) in [6.45, 7) is 11.6. The molecule has 4 atom stereocenters. The summed E-state index contributed by atoms with van der Waals surface area (Å²) in [6, 6.07) is 14.0. The molecule has 2 aromatic carbocycles. The van der Waals surface area contributed by atoms with Crippen molar-refractivity contribution in [3.8, 4) is 0 Å². The lowest BCUT2D eigenvalue weighted by molar-refractivity contribution is -0.135. The summed E-state index contributed by atoms with van der Waals surface area (Å²) >= 11 is 7.95. The Morgan fingerprint density at radius 2 is 1.23 bits per heavy atom. The van der Waals surface area contributed by atoms with Crippen LogP contribution in [0.3, 0.4) is 0 Å². The largest absolute Gasteiger partial charge is 0.377 e. The van der Waals surface area contributed by atoms with E-state index in [9.17, 15) is 24.0 Å². The SMILES string of the molecule is CC(C)[C@@H](NC(=O)c1cccc(C(=O)NCCOCCOCCOCCOCCOCCOCCOCCNC(=O)CCCC[C@@H]2SCC3NC(=O)N[C@@H]32)c1)C(=O)N1CCC(c2ccc(Cl)cc2)CC1. The van der Waals surface area contributed by atoms with Crippen molar-refractivity contribution in [1.82, 2.24) is 31.5 Å². The number of rotatable bonds is 35. The molecule has 0 saturated carbocycles. The van der Waals surface area contributed by atoms with Gasteiger partial charge in [-0.3, -0.25) is 19.2 Å². The lowest BCUT2D eigenvalue weighted by Gasteiger charge is -2.35. The zero-order valence-electron chi connectivity index (χ0n) is 40.9. The van der Waals surface area contributed by atoms with Crippen LogP contribution in [0.4, 0.5) is 4.79 Å². The van der Waals surface area contributed by atoms with E-state index in [1.807, 2.05) is 54.8 Å². The normalized spacial score (nSPS) is 18.3. The lowest BCUT2D eigenvalue weighted by atomic mass is 9.89. The summed E-state index contributed by atoms with van der Waals surface area (Å²) in [6.07, 6.45) is 4.96. The minimum absolute atomic E-state index is 0.0302. The fraction of sp³-hybridized carbons (Fsp3) is 0.660. The highest BCUT2D eigenvalue weighted by Crippen LogP contribution is 2.33. The molecule has 390 valence electrons. The number of nitrogens with one attached hydrogen (secondary N) is 5. The maximum absolute atomic E-state index is 13.6. The molecule has 0 spiro atoms. The summed E-state index contributed by atoms with van der Waals surface area (Å²) in [5.41, 5.74) is 1.85. The van der Waals surface area contributed by atoms with Gasteiger partial charge >= 0.3 is 6.03 Å². The summed E-state index contributed by atoms with van der Waals surface area (Å²) in [7, 11) is 0. The molecule has 0 aromatic heterocycles. The first kappa shape index (κ1) is 56.9. The smallest absolute Gasteiger partial charge is 0.315 e. The number of fused-ring (bicyclic) bond motifs is 1. The zero-order chi connectivity index (χ0) is 49.8. The van der Waals surface area contributed by atoms with Gasteiger partial charge in [-0.25, -0.2) is 4.79 Å². The summed E-state index contributed by atoms with van der Waals surface area (Å²) in [5, 5.41) is 15.7. The van der Waals surface area contributed by atoms with Gasteiger partial charge in [0.1, 0.15) is 6.04 Å². The topological polar surface area (TPSA) is 213 Å². The number of carbonyl (C=O) groups is 5.